The Balaban J connectivity index is 3.99. The highest BCUT2D eigenvalue weighted by Crippen LogP contribution is 2.25. The Hall–Kier alpha value is 0.451. The van der Waals surface area contributed by atoms with Crippen LogP contribution < -0.4 is 0 Å². The van der Waals surface area contributed by atoms with Gasteiger partial charge in [-0.05, 0) is 64.7 Å². The Morgan fingerprint density at radius 3 is 1.46 bits per heavy atom. The van der Waals surface area contributed by atoms with Crippen molar-refractivity contribution in [1.82, 2.24) is 0 Å². The van der Waals surface area contributed by atoms with Crippen molar-refractivity contribution in [3.8, 4) is 0 Å². The fourth-order valence-corrected chi connectivity index (χ4v) is 15.0. The van der Waals surface area contributed by atoms with Crippen molar-refractivity contribution in [3.05, 3.63) is 0 Å². The molecule has 5 nitrogen and oxygen atoms in total. The summed E-state index contributed by atoms with van der Waals surface area (Å²) in [7, 11) is -3.61. The van der Waals surface area contributed by atoms with Crippen LogP contribution in [0.2, 0.25) is 51.9 Å². The maximum absolute atomic E-state index is 6.48. The first-order valence-electron chi connectivity index (χ1n) is 9.02. The minimum atomic E-state index is -2.11. The molecule has 0 bridgehead atoms. The lowest BCUT2D eigenvalue weighted by Crippen LogP contribution is -2.52. The molecule has 0 aromatic heterocycles. The monoisotopic (exact) mass is 396 g/mol. The Bertz CT molecular complexity index is 300. The van der Waals surface area contributed by atoms with Crippen molar-refractivity contribution in [2.24, 2.45) is 0 Å². The van der Waals surface area contributed by atoms with Gasteiger partial charge < -0.3 is 22.4 Å². The average Bonchev–Trinajstić information content (AvgIpc) is 2.36. The minimum absolute atomic E-state index is 0.648. The van der Waals surface area contributed by atoms with Gasteiger partial charge in [-0.25, -0.2) is 0 Å². The highest BCUT2D eigenvalue weighted by Gasteiger charge is 2.39. The highest BCUT2D eigenvalue weighted by atomic mass is 28.5. The second-order valence-corrected chi connectivity index (χ2v) is 21.1. The van der Waals surface area contributed by atoms with E-state index in [9.17, 15) is 0 Å². The molecule has 0 atom stereocenters. The maximum atomic E-state index is 6.48. The summed E-state index contributed by atoms with van der Waals surface area (Å²) in [5.74, 6) is 0. The molecule has 0 aliphatic rings. The molecule has 0 unspecified atom stereocenters. The average molecular weight is 397 g/mol. The molecule has 0 aromatic rings. The molecule has 24 heavy (non-hydrogen) atoms. The van der Waals surface area contributed by atoms with Crippen molar-refractivity contribution in [2.75, 3.05) is 40.1 Å². The Morgan fingerprint density at radius 1 is 0.583 bits per heavy atom. The van der Waals surface area contributed by atoms with E-state index in [1.165, 1.54) is 0 Å². The van der Waals surface area contributed by atoms with E-state index in [-0.39, 0.29) is 0 Å². The lowest BCUT2D eigenvalue weighted by molar-refractivity contribution is 0.0398. The maximum Gasteiger partial charge on any atom is 0.314 e. The number of rotatable bonds is 15. The first kappa shape index (κ1) is 24.5. The van der Waals surface area contributed by atoms with Crippen LogP contribution >= 0.6 is 0 Å². The standard InChI is InChI=1S/C16H40O5Si3/c1-17-11-9-12-18-14-15-19-13-10-16-24(8,20-22(2,3)4)21-23(5,6)7/h9-16H2,1-8H3. The van der Waals surface area contributed by atoms with Crippen LogP contribution in [0.15, 0.2) is 0 Å². The second kappa shape index (κ2) is 11.9. The molecular formula is C16H40O5Si3. The summed E-state index contributed by atoms with van der Waals surface area (Å²) in [5, 5.41) is 0. The van der Waals surface area contributed by atoms with E-state index in [4.69, 9.17) is 22.4 Å². The van der Waals surface area contributed by atoms with Gasteiger partial charge in [0.05, 0.1) is 13.2 Å². The van der Waals surface area contributed by atoms with Gasteiger partial charge in [0.2, 0.25) is 0 Å². The molecule has 8 heteroatoms. The van der Waals surface area contributed by atoms with Crippen molar-refractivity contribution in [1.29, 1.82) is 0 Å². The summed E-state index contributed by atoms with van der Waals surface area (Å²) in [5.41, 5.74) is 0. The van der Waals surface area contributed by atoms with Crippen molar-refractivity contribution < 1.29 is 22.4 Å². The lowest BCUT2D eigenvalue weighted by Gasteiger charge is -2.38. The highest BCUT2D eigenvalue weighted by molar-refractivity contribution is 6.87. The van der Waals surface area contributed by atoms with E-state index in [2.05, 4.69) is 45.8 Å². The number of hydrogen-bond donors (Lipinski definition) is 0. The molecule has 0 N–H and O–H groups in total. The lowest BCUT2D eigenvalue weighted by atomic mass is 10.5. The van der Waals surface area contributed by atoms with Crippen molar-refractivity contribution in [3.63, 3.8) is 0 Å². The van der Waals surface area contributed by atoms with Crippen LogP contribution in [0.25, 0.3) is 0 Å². The summed E-state index contributed by atoms with van der Waals surface area (Å²) in [4.78, 5) is 0. The summed E-state index contributed by atoms with van der Waals surface area (Å²) in [6, 6.07) is 0.996. The van der Waals surface area contributed by atoms with Gasteiger partial charge in [0.25, 0.3) is 0 Å². The van der Waals surface area contributed by atoms with Gasteiger partial charge in [-0.15, -0.1) is 0 Å². The third-order valence-electron chi connectivity index (χ3n) is 2.97. The third-order valence-corrected chi connectivity index (χ3v) is 12.6. The van der Waals surface area contributed by atoms with Gasteiger partial charge in [0.15, 0.2) is 16.6 Å². The zero-order valence-electron chi connectivity index (χ0n) is 17.2. The molecule has 0 amide bonds. The number of ether oxygens (including phenoxy) is 3. The van der Waals surface area contributed by atoms with Gasteiger partial charge in [-0.1, -0.05) is 0 Å². The molecule has 0 aliphatic carbocycles. The van der Waals surface area contributed by atoms with Crippen LogP contribution in [0.5, 0.6) is 0 Å². The molecule has 0 heterocycles. The molecule has 146 valence electrons. The number of methoxy groups -OCH3 is 1. The summed E-state index contributed by atoms with van der Waals surface area (Å²) >= 11 is 0. The fraction of sp³-hybridized carbons (Fsp3) is 1.00. The summed E-state index contributed by atoms with van der Waals surface area (Å²) in [6.45, 7) is 19.2. The molecule has 0 spiro atoms. The van der Waals surface area contributed by atoms with E-state index in [0.717, 1.165) is 38.7 Å². The molecule has 0 rings (SSSR count). The smallest absolute Gasteiger partial charge is 0.314 e. The van der Waals surface area contributed by atoms with Gasteiger partial charge >= 0.3 is 8.56 Å². The molecule has 0 saturated carbocycles. The van der Waals surface area contributed by atoms with Gasteiger partial charge in [0, 0.05) is 26.9 Å². The van der Waals surface area contributed by atoms with Crippen molar-refractivity contribution >= 4 is 25.2 Å². The van der Waals surface area contributed by atoms with Crippen LogP contribution in [0.1, 0.15) is 12.8 Å². The Kier molecular flexibility index (Phi) is 12.2. The zero-order valence-corrected chi connectivity index (χ0v) is 20.2. The first-order valence-corrected chi connectivity index (χ1v) is 18.4. The van der Waals surface area contributed by atoms with Crippen LogP contribution in [0, 0.1) is 0 Å². The quantitative estimate of drug-likeness (QED) is 0.306. The van der Waals surface area contributed by atoms with Gasteiger partial charge in [0.1, 0.15) is 0 Å². The molecule has 0 radical (unpaired) electrons. The fourth-order valence-electron chi connectivity index (χ4n) is 2.54. The first-order chi connectivity index (χ1) is 11.0. The topological polar surface area (TPSA) is 46.2 Å². The van der Waals surface area contributed by atoms with Crippen LogP contribution in [-0.2, 0) is 22.4 Å². The second-order valence-electron chi connectivity index (χ2n) is 8.24. The summed E-state index contributed by atoms with van der Waals surface area (Å²) in [6.07, 6.45) is 1.92. The summed E-state index contributed by atoms with van der Waals surface area (Å²) < 4.78 is 29.1. The van der Waals surface area contributed by atoms with E-state index in [0.29, 0.717) is 13.2 Å². The van der Waals surface area contributed by atoms with Crippen molar-refractivity contribution in [2.45, 2.75) is 64.7 Å². The minimum Gasteiger partial charge on any atom is -0.437 e. The zero-order chi connectivity index (χ0) is 18.7. The molecular weight excluding hydrogens is 356 g/mol. The Labute approximate surface area is 152 Å². The third kappa shape index (κ3) is 15.9. The normalized spacial score (nSPS) is 13.5. The SMILES string of the molecule is COCCCOCCOCCC[Si](C)(O[Si](C)(C)C)O[Si](C)(C)C. The van der Waals surface area contributed by atoms with E-state index < -0.39 is 25.2 Å². The van der Waals surface area contributed by atoms with Gasteiger partial charge in [-0.2, -0.15) is 0 Å². The largest absolute Gasteiger partial charge is 0.437 e. The predicted molar refractivity (Wildman–Crippen MR) is 108 cm³/mol. The van der Waals surface area contributed by atoms with E-state index >= 15 is 0 Å². The predicted octanol–water partition coefficient (Wildman–Crippen LogP) is 4.22. The van der Waals surface area contributed by atoms with Gasteiger partial charge in [-0.3, -0.25) is 0 Å². The number of hydrogen-bond acceptors (Lipinski definition) is 5. The van der Waals surface area contributed by atoms with Crippen LogP contribution in [0.3, 0.4) is 0 Å². The Morgan fingerprint density at radius 2 is 1.04 bits per heavy atom. The van der Waals surface area contributed by atoms with E-state index in [1.54, 1.807) is 7.11 Å². The van der Waals surface area contributed by atoms with Crippen LogP contribution in [0.4, 0.5) is 0 Å². The molecule has 0 aliphatic heterocycles. The van der Waals surface area contributed by atoms with Crippen LogP contribution in [-0.4, -0.2) is 65.3 Å². The van der Waals surface area contributed by atoms with E-state index in [1.807, 2.05) is 0 Å². The molecule has 0 fully saturated rings. The molecule has 0 saturated heterocycles. The molecule has 0 aromatic carbocycles.